The summed E-state index contributed by atoms with van der Waals surface area (Å²) in [4.78, 5) is 4.03. The van der Waals surface area contributed by atoms with Gasteiger partial charge in [-0.2, -0.15) is 0 Å². The highest BCUT2D eigenvalue weighted by Gasteiger charge is 2.34. The topological polar surface area (TPSA) is 6.48 Å². The molecule has 0 aromatic heterocycles. The Balaban J connectivity index is 2.81. The van der Waals surface area contributed by atoms with Crippen LogP contribution in [0.4, 0.5) is 0 Å². The number of nitrogens with zero attached hydrogens (tertiary/aromatic N) is 2. The molecule has 0 radical (unpaired) electrons. The summed E-state index contributed by atoms with van der Waals surface area (Å²) in [6.45, 7) is 10.2. The largest absolute Gasteiger partial charge is 0.301 e. The number of rotatable bonds is 0. The Morgan fingerprint density at radius 2 is 1.77 bits per heavy atom. The van der Waals surface area contributed by atoms with Crippen molar-refractivity contribution in [2.24, 2.45) is 0 Å². The van der Waals surface area contributed by atoms with Gasteiger partial charge < -0.3 is 4.90 Å². The second kappa shape index (κ2) is 3.58. The second-order valence-corrected chi connectivity index (χ2v) is 5.04. The van der Waals surface area contributed by atoms with Crippen LogP contribution in [-0.4, -0.2) is 47.5 Å². The van der Waals surface area contributed by atoms with Crippen LogP contribution < -0.4 is 0 Å². The fourth-order valence-electron chi connectivity index (χ4n) is 2.09. The summed E-state index contributed by atoms with van der Waals surface area (Å²) in [5, 5.41) is 0. The van der Waals surface area contributed by atoms with Crippen molar-refractivity contribution >= 4 is 0 Å². The Hall–Kier alpha value is -0.0800. The fraction of sp³-hybridized carbons (Fsp3) is 1.00. The van der Waals surface area contributed by atoms with Gasteiger partial charge >= 0.3 is 0 Å². The van der Waals surface area contributed by atoms with E-state index in [0.29, 0.717) is 6.54 Å². The first-order valence-corrected chi connectivity index (χ1v) is 5.08. The van der Waals surface area contributed by atoms with Crippen LogP contribution in [0.2, 0.25) is 0 Å². The molecule has 2 heteroatoms. The van der Waals surface area contributed by atoms with E-state index in [1.807, 2.05) is 6.92 Å². The molecule has 13 heavy (non-hydrogen) atoms. The molecule has 0 unspecified atom stereocenters. The SMILES string of the molecule is [2H]C([2H])([2H])N1CCN(C(C)(C)C)[C@@H](C)[C@@H]1C. The molecule has 1 aliphatic rings. The van der Waals surface area contributed by atoms with E-state index in [4.69, 9.17) is 4.11 Å². The van der Waals surface area contributed by atoms with Crippen LogP contribution in [0.25, 0.3) is 0 Å². The average Bonchev–Trinajstić information content (AvgIpc) is 2.05. The summed E-state index contributed by atoms with van der Waals surface area (Å²) in [6, 6.07) is 0.342. The van der Waals surface area contributed by atoms with E-state index in [1.165, 1.54) is 0 Å². The Labute approximate surface area is 87.1 Å². The zero-order valence-electron chi connectivity index (χ0n) is 12.5. The number of likely N-dealkylation sites (N-methyl/N-ethyl adjacent to an activating group) is 1. The van der Waals surface area contributed by atoms with E-state index in [-0.39, 0.29) is 17.6 Å². The number of piperazine rings is 1. The van der Waals surface area contributed by atoms with Crippen molar-refractivity contribution in [3.8, 4) is 0 Å². The lowest BCUT2D eigenvalue weighted by atomic mass is 9.97. The molecular weight excluding hydrogens is 160 g/mol. The summed E-state index contributed by atoms with van der Waals surface area (Å²) in [5.41, 5.74) is 0.106. The van der Waals surface area contributed by atoms with E-state index < -0.39 is 6.98 Å². The van der Waals surface area contributed by atoms with Gasteiger partial charge in [-0.1, -0.05) is 0 Å². The standard InChI is InChI=1S/C11H24N2/c1-9-10(2)13(11(3,4)5)8-7-12(9)6/h9-10H,7-8H2,1-6H3/t9-,10-/m0/s1/i6D3. The van der Waals surface area contributed by atoms with Crippen molar-refractivity contribution in [1.82, 2.24) is 9.80 Å². The Morgan fingerprint density at radius 3 is 2.23 bits per heavy atom. The van der Waals surface area contributed by atoms with Gasteiger partial charge in [-0.3, -0.25) is 4.90 Å². The molecule has 0 N–H and O–H groups in total. The van der Waals surface area contributed by atoms with Crippen molar-refractivity contribution in [1.29, 1.82) is 0 Å². The molecular formula is C11H24N2. The van der Waals surface area contributed by atoms with Gasteiger partial charge in [0, 0.05) is 34.8 Å². The van der Waals surface area contributed by atoms with Crippen LogP contribution in [0.3, 0.4) is 0 Å². The summed E-state index contributed by atoms with van der Waals surface area (Å²) >= 11 is 0. The second-order valence-electron chi connectivity index (χ2n) is 5.04. The summed E-state index contributed by atoms with van der Waals surface area (Å²) in [5.74, 6) is 0. The molecule has 2 nitrogen and oxygen atoms in total. The average molecular weight is 187 g/mol. The Morgan fingerprint density at radius 1 is 1.15 bits per heavy atom. The van der Waals surface area contributed by atoms with Crippen LogP contribution >= 0.6 is 0 Å². The van der Waals surface area contributed by atoms with Crippen LogP contribution in [0, 0.1) is 0 Å². The maximum absolute atomic E-state index is 7.51. The fourth-order valence-corrected chi connectivity index (χ4v) is 2.09. The van der Waals surface area contributed by atoms with Crippen molar-refractivity contribution in [2.75, 3.05) is 20.1 Å². The highest BCUT2D eigenvalue weighted by Crippen LogP contribution is 2.23. The van der Waals surface area contributed by atoms with Crippen molar-refractivity contribution in [3.63, 3.8) is 0 Å². The van der Waals surface area contributed by atoms with Crippen molar-refractivity contribution < 1.29 is 4.11 Å². The highest BCUT2D eigenvalue weighted by atomic mass is 15.3. The summed E-state index contributed by atoms with van der Waals surface area (Å²) in [7, 11) is 0. The first kappa shape index (κ1) is 7.24. The van der Waals surface area contributed by atoms with Crippen molar-refractivity contribution in [2.45, 2.75) is 52.2 Å². The van der Waals surface area contributed by atoms with Gasteiger partial charge in [-0.25, -0.2) is 0 Å². The van der Waals surface area contributed by atoms with Gasteiger partial charge in [-0.05, 0) is 41.6 Å². The molecule has 0 saturated carbocycles. The monoisotopic (exact) mass is 187 g/mol. The zero-order chi connectivity index (χ0) is 12.7. The lowest BCUT2D eigenvalue weighted by Crippen LogP contribution is -2.61. The normalized spacial score (nSPS) is 38.1. The third kappa shape index (κ3) is 2.23. The quantitative estimate of drug-likeness (QED) is 0.571. The molecule has 0 bridgehead atoms. The van der Waals surface area contributed by atoms with Gasteiger partial charge in [0.15, 0.2) is 0 Å². The van der Waals surface area contributed by atoms with Crippen LogP contribution in [-0.2, 0) is 0 Å². The minimum Gasteiger partial charge on any atom is -0.301 e. The first-order valence-electron chi connectivity index (χ1n) is 6.58. The molecule has 0 aromatic carbocycles. The van der Waals surface area contributed by atoms with E-state index in [2.05, 4.69) is 32.6 Å². The smallest absolute Gasteiger partial charge is 0.0394 e. The Kier molecular flexibility index (Phi) is 2.00. The first-order chi connectivity index (χ1) is 7.05. The van der Waals surface area contributed by atoms with Gasteiger partial charge in [-0.15, -0.1) is 0 Å². The van der Waals surface area contributed by atoms with Crippen LogP contribution in [0.15, 0.2) is 0 Å². The highest BCUT2D eigenvalue weighted by molar-refractivity contribution is 4.90. The molecule has 1 rings (SSSR count). The molecule has 1 heterocycles. The lowest BCUT2D eigenvalue weighted by molar-refractivity contribution is -0.00568. The van der Waals surface area contributed by atoms with Gasteiger partial charge in [0.05, 0.1) is 0 Å². The molecule has 0 aliphatic carbocycles. The van der Waals surface area contributed by atoms with E-state index in [1.54, 1.807) is 4.90 Å². The summed E-state index contributed by atoms with van der Waals surface area (Å²) < 4.78 is 22.5. The van der Waals surface area contributed by atoms with E-state index in [0.717, 1.165) is 6.54 Å². The molecule has 2 atom stereocenters. The summed E-state index contributed by atoms with van der Waals surface area (Å²) in [6.07, 6.45) is 0. The molecule has 0 aromatic rings. The minimum atomic E-state index is -1.96. The lowest BCUT2D eigenvalue weighted by Gasteiger charge is -2.49. The molecule has 78 valence electrons. The third-order valence-corrected chi connectivity index (χ3v) is 3.12. The molecule has 1 aliphatic heterocycles. The van der Waals surface area contributed by atoms with E-state index >= 15 is 0 Å². The Bertz CT molecular complexity index is 219. The predicted octanol–water partition coefficient (Wildman–Crippen LogP) is 1.81. The van der Waals surface area contributed by atoms with Crippen molar-refractivity contribution in [3.05, 3.63) is 0 Å². The van der Waals surface area contributed by atoms with Gasteiger partial charge in [0.25, 0.3) is 0 Å². The minimum absolute atomic E-state index is 0.0699. The molecule has 0 amide bonds. The van der Waals surface area contributed by atoms with E-state index in [9.17, 15) is 0 Å². The third-order valence-electron chi connectivity index (χ3n) is 3.12. The predicted molar refractivity (Wildman–Crippen MR) is 58.0 cm³/mol. The maximum Gasteiger partial charge on any atom is 0.0394 e. The van der Waals surface area contributed by atoms with Crippen LogP contribution in [0.5, 0.6) is 0 Å². The van der Waals surface area contributed by atoms with Crippen LogP contribution in [0.1, 0.15) is 38.7 Å². The maximum atomic E-state index is 7.51. The van der Waals surface area contributed by atoms with Gasteiger partial charge in [0.1, 0.15) is 0 Å². The zero-order valence-corrected chi connectivity index (χ0v) is 9.46. The molecule has 1 fully saturated rings. The molecule has 1 saturated heterocycles. The number of hydrogen-bond donors (Lipinski definition) is 0. The number of hydrogen-bond acceptors (Lipinski definition) is 2. The molecule has 0 spiro atoms. The van der Waals surface area contributed by atoms with Gasteiger partial charge in [0.2, 0.25) is 0 Å².